The fourth-order valence-electron chi connectivity index (χ4n) is 2.49. The number of nitrogens with one attached hydrogen (secondary N) is 2. The van der Waals surface area contributed by atoms with Gasteiger partial charge in [0.1, 0.15) is 0 Å². The van der Waals surface area contributed by atoms with Crippen molar-refractivity contribution in [3.8, 4) is 5.69 Å². The van der Waals surface area contributed by atoms with Gasteiger partial charge in [0.25, 0.3) is 5.91 Å². The Balaban J connectivity index is 0.00000176. The van der Waals surface area contributed by atoms with Crippen LogP contribution in [-0.2, 0) is 0 Å². The number of hydrogen-bond acceptors (Lipinski definition) is 4. The van der Waals surface area contributed by atoms with Crippen LogP contribution >= 0.6 is 12.4 Å². The van der Waals surface area contributed by atoms with E-state index in [1.807, 2.05) is 30.3 Å². The quantitative estimate of drug-likeness (QED) is 0.900. The molecule has 1 fully saturated rings. The fraction of sp³-hybridized carbons (Fsp3) is 0.400. The average Bonchev–Trinajstić information content (AvgIpc) is 2.98. The first-order valence-corrected chi connectivity index (χ1v) is 7.17. The standard InChI is InChI=1S/C15H19N5O.ClH/c1-15(7-9-16-10-8-15)18-14(21)13-11-17-20(19-13)12-5-3-2-4-6-12;/h2-6,11,16H,7-10H2,1H3,(H,18,21);1H. The summed E-state index contributed by atoms with van der Waals surface area (Å²) in [6.07, 6.45) is 3.35. The summed E-state index contributed by atoms with van der Waals surface area (Å²) >= 11 is 0. The lowest BCUT2D eigenvalue weighted by Gasteiger charge is -2.34. The number of piperidine rings is 1. The van der Waals surface area contributed by atoms with Crippen LogP contribution in [0.3, 0.4) is 0 Å². The predicted molar refractivity (Wildman–Crippen MR) is 86.6 cm³/mol. The van der Waals surface area contributed by atoms with E-state index in [1.54, 1.807) is 0 Å². The second kappa shape index (κ2) is 6.89. The number of carbonyl (C=O) groups excluding carboxylic acids is 1. The molecule has 1 aliphatic heterocycles. The zero-order valence-electron chi connectivity index (χ0n) is 12.5. The average molecular weight is 322 g/mol. The molecule has 0 bridgehead atoms. The molecule has 0 radical (unpaired) electrons. The molecule has 2 N–H and O–H groups in total. The van der Waals surface area contributed by atoms with E-state index in [-0.39, 0.29) is 23.9 Å². The first-order chi connectivity index (χ1) is 10.2. The molecule has 1 aromatic carbocycles. The van der Waals surface area contributed by atoms with Crippen LogP contribution in [0.25, 0.3) is 5.69 Å². The van der Waals surface area contributed by atoms with Gasteiger partial charge in [0.15, 0.2) is 5.69 Å². The fourth-order valence-corrected chi connectivity index (χ4v) is 2.49. The Hall–Kier alpha value is -1.92. The molecule has 2 aromatic rings. The second-order valence-electron chi connectivity index (χ2n) is 5.62. The number of amides is 1. The van der Waals surface area contributed by atoms with Gasteiger partial charge in [-0.1, -0.05) is 18.2 Å². The van der Waals surface area contributed by atoms with Crippen LogP contribution in [0.15, 0.2) is 36.5 Å². The van der Waals surface area contributed by atoms with E-state index >= 15 is 0 Å². The van der Waals surface area contributed by atoms with Crippen molar-refractivity contribution >= 4 is 18.3 Å². The Morgan fingerprint density at radius 1 is 1.27 bits per heavy atom. The van der Waals surface area contributed by atoms with Gasteiger partial charge in [-0.2, -0.15) is 9.90 Å². The maximum atomic E-state index is 12.3. The zero-order valence-corrected chi connectivity index (χ0v) is 13.3. The highest BCUT2D eigenvalue weighted by atomic mass is 35.5. The highest BCUT2D eigenvalue weighted by Crippen LogP contribution is 2.17. The van der Waals surface area contributed by atoms with Crippen LogP contribution in [0.2, 0.25) is 0 Å². The number of halogens is 1. The van der Waals surface area contributed by atoms with Gasteiger partial charge in [-0.15, -0.1) is 17.5 Å². The third kappa shape index (κ3) is 3.64. The number of nitrogens with zero attached hydrogens (tertiary/aromatic N) is 3. The molecule has 118 valence electrons. The van der Waals surface area contributed by atoms with Crippen LogP contribution in [0.1, 0.15) is 30.3 Å². The molecule has 6 nitrogen and oxygen atoms in total. The van der Waals surface area contributed by atoms with Crippen molar-refractivity contribution in [3.05, 3.63) is 42.2 Å². The number of carbonyl (C=O) groups is 1. The molecule has 2 heterocycles. The molecule has 0 unspecified atom stereocenters. The largest absolute Gasteiger partial charge is 0.345 e. The molecule has 1 amide bonds. The lowest BCUT2D eigenvalue weighted by molar-refractivity contribution is 0.0882. The van der Waals surface area contributed by atoms with Crippen LogP contribution < -0.4 is 10.6 Å². The highest BCUT2D eigenvalue weighted by Gasteiger charge is 2.29. The van der Waals surface area contributed by atoms with Crippen LogP contribution in [0, 0.1) is 0 Å². The van der Waals surface area contributed by atoms with Gasteiger partial charge in [-0.3, -0.25) is 4.79 Å². The van der Waals surface area contributed by atoms with Crippen molar-refractivity contribution < 1.29 is 4.79 Å². The first-order valence-electron chi connectivity index (χ1n) is 7.17. The van der Waals surface area contributed by atoms with E-state index in [2.05, 4.69) is 27.8 Å². The summed E-state index contributed by atoms with van der Waals surface area (Å²) in [7, 11) is 0. The minimum absolute atomic E-state index is 0. The number of hydrogen-bond donors (Lipinski definition) is 2. The molecule has 7 heteroatoms. The lowest BCUT2D eigenvalue weighted by Crippen LogP contribution is -2.52. The lowest BCUT2D eigenvalue weighted by atomic mass is 9.90. The molecule has 3 rings (SSSR count). The number of rotatable bonds is 3. The van der Waals surface area contributed by atoms with Crippen molar-refractivity contribution in [2.75, 3.05) is 13.1 Å². The third-order valence-electron chi connectivity index (χ3n) is 3.83. The molecule has 0 saturated carbocycles. The zero-order chi connectivity index (χ0) is 14.7. The van der Waals surface area contributed by atoms with Gasteiger partial charge in [0, 0.05) is 5.54 Å². The Morgan fingerprint density at radius 3 is 2.64 bits per heavy atom. The van der Waals surface area contributed by atoms with Crippen LogP contribution in [0.4, 0.5) is 0 Å². The summed E-state index contributed by atoms with van der Waals surface area (Å²) < 4.78 is 0. The van der Waals surface area contributed by atoms with Crippen LogP contribution in [0.5, 0.6) is 0 Å². The number of benzene rings is 1. The highest BCUT2D eigenvalue weighted by molar-refractivity contribution is 5.92. The molecule has 1 aromatic heterocycles. The van der Waals surface area contributed by atoms with Crippen molar-refractivity contribution in [3.63, 3.8) is 0 Å². The van der Waals surface area contributed by atoms with Crippen molar-refractivity contribution in [2.45, 2.75) is 25.3 Å². The van der Waals surface area contributed by atoms with E-state index < -0.39 is 0 Å². The van der Waals surface area contributed by atoms with E-state index in [0.717, 1.165) is 31.6 Å². The van der Waals surface area contributed by atoms with Crippen molar-refractivity contribution in [1.82, 2.24) is 25.6 Å². The van der Waals surface area contributed by atoms with E-state index in [1.165, 1.54) is 11.0 Å². The van der Waals surface area contributed by atoms with Crippen molar-refractivity contribution in [2.24, 2.45) is 0 Å². The summed E-state index contributed by atoms with van der Waals surface area (Å²) in [6.45, 7) is 3.92. The molecule has 1 saturated heterocycles. The van der Waals surface area contributed by atoms with E-state index in [9.17, 15) is 4.79 Å². The third-order valence-corrected chi connectivity index (χ3v) is 3.83. The molecule has 0 aliphatic carbocycles. The van der Waals surface area contributed by atoms with Gasteiger partial charge in [-0.25, -0.2) is 0 Å². The molecule has 22 heavy (non-hydrogen) atoms. The predicted octanol–water partition coefficient (Wildman–Crippen LogP) is 1.56. The Bertz CT molecular complexity index is 622. The topological polar surface area (TPSA) is 71.8 Å². The SMILES string of the molecule is CC1(NC(=O)c2cnn(-c3ccccc3)n2)CCNCC1.Cl. The van der Waals surface area contributed by atoms with Gasteiger partial charge >= 0.3 is 0 Å². The number of para-hydroxylation sites is 1. The minimum Gasteiger partial charge on any atom is -0.345 e. The first kappa shape index (κ1) is 16.5. The summed E-state index contributed by atoms with van der Waals surface area (Å²) in [4.78, 5) is 13.8. The van der Waals surface area contributed by atoms with E-state index in [0.29, 0.717) is 5.69 Å². The van der Waals surface area contributed by atoms with Gasteiger partial charge < -0.3 is 10.6 Å². The molecular weight excluding hydrogens is 302 g/mol. The van der Waals surface area contributed by atoms with Crippen LogP contribution in [-0.4, -0.2) is 39.5 Å². The van der Waals surface area contributed by atoms with Gasteiger partial charge in [-0.05, 0) is 45.0 Å². The molecule has 0 atom stereocenters. The second-order valence-corrected chi connectivity index (χ2v) is 5.62. The van der Waals surface area contributed by atoms with Gasteiger partial charge in [0.05, 0.1) is 11.9 Å². The smallest absolute Gasteiger partial charge is 0.273 e. The van der Waals surface area contributed by atoms with E-state index in [4.69, 9.17) is 0 Å². The van der Waals surface area contributed by atoms with Gasteiger partial charge in [0.2, 0.25) is 0 Å². The van der Waals surface area contributed by atoms with Crippen molar-refractivity contribution in [1.29, 1.82) is 0 Å². The Morgan fingerprint density at radius 2 is 1.95 bits per heavy atom. The monoisotopic (exact) mass is 321 g/mol. The minimum atomic E-state index is -0.168. The summed E-state index contributed by atoms with van der Waals surface area (Å²) in [6, 6.07) is 9.55. The molecular formula is C15H20ClN5O. The Labute approximate surface area is 135 Å². The number of aromatic nitrogens is 3. The summed E-state index contributed by atoms with van der Waals surface area (Å²) in [5.74, 6) is -0.165. The maximum absolute atomic E-state index is 12.3. The molecule has 1 aliphatic rings. The normalized spacial score (nSPS) is 16.6. The summed E-state index contributed by atoms with van der Waals surface area (Å²) in [5, 5.41) is 14.8. The summed E-state index contributed by atoms with van der Waals surface area (Å²) in [5.41, 5.74) is 1.02. The Kier molecular flexibility index (Phi) is 5.15. The molecule has 0 spiro atoms. The maximum Gasteiger partial charge on any atom is 0.273 e.